The van der Waals surface area contributed by atoms with Gasteiger partial charge in [0.25, 0.3) is 0 Å². The first-order chi connectivity index (χ1) is 15.2. The average molecular weight is 446 g/mol. The quantitative estimate of drug-likeness (QED) is 0.431. The van der Waals surface area contributed by atoms with Crippen molar-refractivity contribution < 1.29 is 20.1 Å². The lowest BCUT2D eigenvalue weighted by atomic mass is 9.50. The fourth-order valence-corrected chi connectivity index (χ4v) is 9.77. The standard InChI is InChI=1S/C27H43NO4/c1-13-7-24-25(28-12-13)15(3)27(32-24)6-5-16-17(14(27)2)8-19-18(16)9-21(29)20-10-22(30)23(31)11-26(19,20)4/h13,15-16,18-25,28-31H,5-12H2,1-4H3/t13-,15-,16-,18+,19-,20+,21+,22-,23-,24+,25-,26+,27-/m0/s1. The number of hydrogen-bond donors (Lipinski definition) is 4. The summed E-state index contributed by atoms with van der Waals surface area (Å²) in [4.78, 5) is 0. The van der Waals surface area contributed by atoms with Crippen LogP contribution >= 0.6 is 0 Å². The Hall–Kier alpha value is -0.460. The monoisotopic (exact) mass is 445 g/mol. The van der Waals surface area contributed by atoms with E-state index in [1.54, 1.807) is 5.57 Å². The van der Waals surface area contributed by atoms with Crippen molar-refractivity contribution in [3.63, 3.8) is 0 Å². The van der Waals surface area contributed by atoms with Gasteiger partial charge in [-0.3, -0.25) is 0 Å². The fraction of sp³-hybridized carbons (Fsp3) is 0.926. The lowest BCUT2D eigenvalue weighted by Gasteiger charge is -2.56. The SMILES string of the molecule is CC1=C2C[C@H]3[C@H](C[C@@H](O)[C@H]4C[C@H](O)[C@@H](O)C[C@@]43C)[C@H]2CC[C@]12O[C@@H]1C[C@H](C)CN[C@H]1[C@@H]2C. The Kier molecular flexibility index (Phi) is 5.01. The van der Waals surface area contributed by atoms with Gasteiger partial charge in [-0.2, -0.15) is 0 Å². The molecule has 4 aliphatic carbocycles. The van der Waals surface area contributed by atoms with Crippen LogP contribution in [0.3, 0.4) is 0 Å². The molecule has 2 heterocycles. The van der Waals surface area contributed by atoms with E-state index in [9.17, 15) is 15.3 Å². The van der Waals surface area contributed by atoms with Gasteiger partial charge in [-0.25, -0.2) is 0 Å². The van der Waals surface area contributed by atoms with Gasteiger partial charge in [0, 0.05) is 12.0 Å². The molecule has 32 heavy (non-hydrogen) atoms. The Bertz CT molecular complexity index is 813. The van der Waals surface area contributed by atoms with E-state index in [0.29, 0.717) is 54.6 Å². The van der Waals surface area contributed by atoms with Crippen molar-refractivity contribution in [1.29, 1.82) is 0 Å². The highest BCUT2D eigenvalue weighted by Crippen LogP contribution is 2.66. The first kappa shape index (κ1) is 22.0. The molecule has 0 unspecified atom stereocenters. The molecule has 5 heteroatoms. The number of ether oxygens (including phenoxy) is 1. The molecule has 5 nitrogen and oxygen atoms in total. The second kappa shape index (κ2) is 7.27. The number of hydrogen-bond acceptors (Lipinski definition) is 5. The fourth-order valence-electron chi connectivity index (χ4n) is 9.77. The summed E-state index contributed by atoms with van der Waals surface area (Å²) >= 11 is 0. The van der Waals surface area contributed by atoms with Gasteiger partial charge in [-0.05, 0) is 99.0 Å². The van der Waals surface area contributed by atoms with Crippen LogP contribution in [0, 0.1) is 40.9 Å². The van der Waals surface area contributed by atoms with Crippen LogP contribution in [-0.2, 0) is 4.74 Å². The number of piperidine rings is 1. The minimum atomic E-state index is -0.696. The van der Waals surface area contributed by atoms with E-state index in [1.807, 2.05) is 0 Å². The van der Waals surface area contributed by atoms with E-state index in [4.69, 9.17) is 4.74 Å². The maximum absolute atomic E-state index is 11.1. The third kappa shape index (κ3) is 2.81. The zero-order valence-corrected chi connectivity index (χ0v) is 20.3. The van der Waals surface area contributed by atoms with Crippen molar-refractivity contribution >= 4 is 0 Å². The normalized spacial score (nSPS) is 59.5. The van der Waals surface area contributed by atoms with Crippen LogP contribution in [0.25, 0.3) is 0 Å². The molecule has 2 aliphatic heterocycles. The van der Waals surface area contributed by atoms with E-state index in [-0.39, 0.29) is 23.0 Å². The molecule has 0 amide bonds. The van der Waals surface area contributed by atoms with Gasteiger partial charge >= 0.3 is 0 Å². The molecule has 2 saturated heterocycles. The van der Waals surface area contributed by atoms with E-state index in [0.717, 1.165) is 38.6 Å². The van der Waals surface area contributed by atoms with Gasteiger partial charge in [0.1, 0.15) is 0 Å². The Morgan fingerprint density at radius 1 is 1.00 bits per heavy atom. The van der Waals surface area contributed by atoms with E-state index in [1.165, 1.54) is 5.57 Å². The molecule has 180 valence electrons. The zero-order chi connectivity index (χ0) is 22.6. The molecular formula is C27H43NO4. The summed E-state index contributed by atoms with van der Waals surface area (Å²) in [5, 5.41) is 35.9. The van der Waals surface area contributed by atoms with Crippen molar-refractivity contribution in [1.82, 2.24) is 5.32 Å². The van der Waals surface area contributed by atoms with Crippen molar-refractivity contribution in [2.75, 3.05) is 6.54 Å². The number of rotatable bonds is 0. The van der Waals surface area contributed by atoms with Crippen LogP contribution < -0.4 is 5.32 Å². The zero-order valence-electron chi connectivity index (χ0n) is 20.3. The van der Waals surface area contributed by atoms with Crippen LogP contribution in [0.5, 0.6) is 0 Å². The largest absolute Gasteiger partial charge is 0.393 e. The lowest BCUT2D eigenvalue weighted by Crippen LogP contribution is -2.56. The minimum Gasteiger partial charge on any atom is -0.393 e. The van der Waals surface area contributed by atoms with Crippen LogP contribution in [0.1, 0.15) is 72.6 Å². The van der Waals surface area contributed by atoms with Crippen LogP contribution in [-0.4, -0.2) is 57.9 Å². The topological polar surface area (TPSA) is 82.0 Å². The Balaban J connectivity index is 1.35. The lowest BCUT2D eigenvalue weighted by molar-refractivity contribution is -0.165. The predicted octanol–water partition coefficient (Wildman–Crippen LogP) is 3.02. The molecule has 5 fully saturated rings. The van der Waals surface area contributed by atoms with Crippen LogP contribution in [0.15, 0.2) is 11.1 Å². The first-order valence-corrected chi connectivity index (χ1v) is 13.3. The smallest absolute Gasteiger partial charge is 0.0937 e. The van der Waals surface area contributed by atoms with Gasteiger partial charge in [-0.15, -0.1) is 0 Å². The van der Waals surface area contributed by atoms with Gasteiger partial charge < -0.3 is 25.4 Å². The summed E-state index contributed by atoms with van der Waals surface area (Å²) in [6.45, 7) is 10.5. The number of aliphatic hydroxyl groups is 3. The van der Waals surface area contributed by atoms with Crippen molar-refractivity contribution in [2.45, 2.75) is 109 Å². The third-order valence-corrected chi connectivity index (χ3v) is 11.5. The summed E-state index contributed by atoms with van der Waals surface area (Å²) in [6.07, 6.45) is 5.08. The molecule has 0 bridgehead atoms. The van der Waals surface area contributed by atoms with Crippen LogP contribution in [0.2, 0.25) is 0 Å². The second-order valence-corrected chi connectivity index (χ2v) is 12.9. The number of allylic oxidation sites excluding steroid dienone is 1. The summed E-state index contributed by atoms with van der Waals surface area (Å²) in [7, 11) is 0. The number of fused-ring (bicyclic) bond motifs is 6. The predicted molar refractivity (Wildman–Crippen MR) is 123 cm³/mol. The summed E-state index contributed by atoms with van der Waals surface area (Å²) < 4.78 is 6.99. The summed E-state index contributed by atoms with van der Waals surface area (Å²) in [5.41, 5.74) is 2.86. The highest BCUT2D eigenvalue weighted by atomic mass is 16.5. The van der Waals surface area contributed by atoms with Crippen molar-refractivity contribution in [3.05, 3.63) is 11.1 Å². The first-order valence-electron chi connectivity index (χ1n) is 13.3. The average Bonchev–Trinajstić information content (AvgIpc) is 3.24. The van der Waals surface area contributed by atoms with Crippen molar-refractivity contribution in [2.24, 2.45) is 40.9 Å². The highest BCUT2D eigenvalue weighted by Gasteiger charge is 2.63. The molecule has 6 rings (SSSR count). The highest BCUT2D eigenvalue weighted by molar-refractivity contribution is 5.36. The molecule has 0 aromatic heterocycles. The molecule has 0 aromatic rings. The van der Waals surface area contributed by atoms with E-state index >= 15 is 0 Å². The van der Waals surface area contributed by atoms with Gasteiger partial charge in [0.05, 0.1) is 30.0 Å². The van der Waals surface area contributed by atoms with E-state index in [2.05, 4.69) is 33.0 Å². The number of nitrogens with one attached hydrogen (secondary N) is 1. The molecule has 3 saturated carbocycles. The molecular weight excluding hydrogens is 402 g/mol. The maximum atomic E-state index is 11.1. The summed E-state index contributed by atoms with van der Waals surface area (Å²) in [5.74, 6) is 2.77. The Morgan fingerprint density at radius 2 is 1.78 bits per heavy atom. The Morgan fingerprint density at radius 3 is 2.56 bits per heavy atom. The summed E-state index contributed by atoms with van der Waals surface area (Å²) in [6, 6.07) is 0.459. The van der Waals surface area contributed by atoms with Gasteiger partial charge in [0.15, 0.2) is 0 Å². The van der Waals surface area contributed by atoms with Crippen LogP contribution in [0.4, 0.5) is 0 Å². The molecule has 4 N–H and O–H groups in total. The Labute approximate surface area is 193 Å². The minimum absolute atomic E-state index is 0.0902. The second-order valence-electron chi connectivity index (χ2n) is 12.9. The third-order valence-electron chi connectivity index (χ3n) is 11.5. The molecule has 13 atom stereocenters. The molecule has 0 aromatic carbocycles. The molecule has 1 spiro atoms. The van der Waals surface area contributed by atoms with E-state index < -0.39 is 12.2 Å². The van der Waals surface area contributed by atoms with Gasteiger partial charge in [0.2, 0.25) is 0 Å². The van der Waals surface area contributed by atoms with Gasteiger partial charge in [-0.1, -0.05) is 26.3 Å². The van der Waals surface area contributed by atoms with Crippen molar-refractivity contribution in [3.8, 4) is 0 Å². The number of aliphatic hydroxyl groups excluding tert-OH is 3. The maximum Gasteiger partial charge on any atom is 0.0937 e. The molecule has 0 radical (unpaired) electrons. The molecule has 6 aliphatic rings.